The van der Waals surface area contributed by atoms with Crippen LogP contribution in [0.5, 0.6) is 11.5 Å². The molecule has 7 nitrogen and oxygen atoms in total. The van der Waals surface area contributed by atoms with Crippen LogP contribution in [0.1, 0.15) is 49.9 Å². The number of nitrogens with zero attached hydrogens (tertiary/aromatic N) is 3. The average Bonchev–Trinajstić information content (AvgIpc) is 2.69. The topological polar surface area (TPSA) is 83.4 Å². The fourth-order valence-electron chi connectivity index (χ4n) is 2.10. The third-order valence-electron chi connectivity index (χ3n) is 3.64. The Bertz CT molecular complexity index is 704. The summed E-state index contributed by atoms with van der Waals surface area (Å²) in [6.45, 7) is 5.44. The van der Waals surface area contributed by atoms with E-state index in [1.54, 1.807) is 12.3 Å². The molecule has 26 heavy (non-hydrogen) atoms. The summed E-state index contributed by atoms with van der Waals surface area (Å²) in [5.74, 6) is 1.16. The van der Waals surface area contributed by atoms with E-state index in [1.165, 1.54) is 19.5 Å². The van der Waals surface area contributed by atoms with Crippen molar-refractivity contribution < 1.29 is 19.0 Å². The Hall–Kier alpha value is -2.70. The quantitative estimate of drug-likeness (QED) is 0.472. The third-order valence-corrected chi connectivity index (χ3v) is 3.64. The van der Waals surface area contributed by atoms with Crippen molar-refractivity contribution in [2.45, 2.75) is 39.5 Å². The molecule has 0 aliphatic rings. The number of carbonyl (C=O) groups excluding carboxylic acids is 1. The van der Waals surface area contributed by atoms with Crippen LogP contribution in [0.2, 0.25) is 0 Å². The minimum atomic E-state index is -0.479. The van der Waals surface area contributed by atoms with E-state index >= 15 is 0 Å². The molecule has 0 radical (unpaired) electrons. The van der Waals surface area contributed by atoms with Gasteiger partial charge in [0.1, 0.15) is 5.69 Å². The number of rotatable bonds is 10. The predicted molar refractivity (Wildman–Crippen MR) is 97.4 cm³/mol. The Morgan fingerprint density at radius 3 is 2.12 bits per heavy atom. The van der Waals surface area contributed by atoms with Gasteiger partial charge in [-0.15, -0.1) is 0 Å². The van der Waals surface area contributed by atoms with Gasteiger partial charge < -0.3 is 14.2 Å². The smallest absolute Gasteiger partial charge is 0.341 e. The van der Waals surface area contributed by atoms with E-state index in [0.717, 1.165) is 25.7 Å². The molecule has 2 aromatic rings. The molecule has 2 aromatic heterocycles. The minimum Gasteiger partial charge on any atom is -0.490 e. The summed E-state index contributed by atoms with van der Waals surface area (Å²) in [4.78, 5) is 24.2. The molecule has 2 heterocycles. The zero-order chi connectivity index (χ0) is 18.8. The highest BCUT2D eigenvalue weighted by molar-refractivity contribution is 5.88. The van der Waals surface area contributed by atoms with Gasteiger partial charge in [-0.3, -0.25) is 0 Å². The number of hydrogen-bond acceptors (Lipinski definition) is 7. The van der Waals surface area contributed by atoms with Crippen LogP contribution in [-0.2, 0) is 4.74 Å². The molecule has 0 N–H and O–H groups in total. The molecule has 0 aliphatic heterocycles. The SMILES string of the molecule is CCCCOc1cnc(-c2ncc(C(=O)OC)cn2)cc1OCCCC. The fourth-order valence-corrected chi connectivity index (χ4v) is 2.10. The maximum absolute atomic E-state index is 11.5. The fraction of sp³-hybridized carbons (Fsp3) is 0.474. The van der Waals surface area contributed by atoms with Crippen molar-refractivity contribution in [1.82, 2.24) is 15.0 Å². The number of ether oxygens (including phenoxy) is 3. The first-order valence-electron chi connectivity index (χ1n) is 8.86. The summed E-state index contributed by atoms with van der Waals surface area (Å²) in [5.41, 5.74) is 0.839. The normalized spacial score (nSPS) is 10.4. The standard InChI is InChI=1S/C19H25N3O4/c1-4-6-8-25-16-10-15(20-13-17(16)26-9-7-5-2)18-21-11-14(12-22-18)19(23)24-3/h10-13H,4-9H2,1-3H3. The van der Waals surface area contributed by atoms with Crippen molar-refractivity contribution in [1.29, 1.82) is 0 Å². The zero-order valence-electron chi connectivity index (χ0n) is 15.5. The van der Waals surface area contributed by atoms with Gasteiger partial charge in [0, 0.05) is 18.5 Å². The van der Waals surface area contributed by atoms with Gasteiger partial charge in [-0.2, -0.15) is 0 Å². The van der Waals surface area contributed by atoms with Gasteiger partial charge in [0.15, 0.2) is 17.3 Å². The average molecular weight is 359 g/mol. The molecule has 140 valence electrons. The van der Waals surface area contributed by atoms with Gasteiger partial charge >= 0.3 is 5.97 Å². The monoisotopic (exact) mass is 359 g/mol. The number of aromatic nitrogens is 3. The summed E-state index contributed by atoms with van der Waals surface area (Å²) < 4.78 is 16.3. The molecule has 0 saturated carbocycles. The zero-order valence-corrected chi connectivity index (χ0v) is 15.5. The Morgan fingerprint density at radius 1 is 0.923 bits per heavy atom. The summed E-state index contributed by atoms with van der Waals surface area (Å²) in [7, 11) is 1.31. The molecule has 2 rings (SSSR count). The van der Waals surface area contributed by atoms with E-state index < -0.39 is 5.97 Å². The molecule has 0 amide bonds. The highest BCUT2D eigenvalue weighted by atomic mass is 16.5. The number of unbranched alkanes of at least 4 members (excludes halogenated alkanes) is 2. The molecule has 0 atom stereocenters. The van der Waals surface area contributed by atoms with Crippen LogP contribution in [0.3, 0.4) is 0 Å². The summed E-state index contributed by atoms with van der Waals surface area (Å²) in [6.07, 6.45) is 8.48. The number of pyridine rings is 1. The Morgan fingerprint density at radius 2 is 1.54 bits per heavy atom. The van der Waals surface area contributed by atoms with Crippen LogP contribution in [0, 0.1) is 0 Å². The second-order valence-electron chi connectivity index (χ2n) is 5.71. The molecular formula is C19H25N3O4. The van der Waals surface area contributed by atoms with E-state index in [0.29, 0.717) is 36.2 Å². The maximum atomic E-state index is 11.5. The molecule has 0 aromatic carbocycles. The first kappa shape index (κ1) is 19.6. The predicted octanol–water partition coefficient (Wildman–Crippen LogP) is 3.68. The highest BCUT2D eigenvalue weighted by Crippen LogP contribution is 2.30. The molecule has 0 fully saturated rings. The lowest BCUT2D eigenvalue weighted by molar-refractivity contribution is 0.0600. The van der Waals surface area contributed by atoms with E-state index in [2.05, 4.69) is 33.5 Å². The van der Waals surface area contributed by atoms with Crippen molar-refractivity contribution in [3.8, 4) is 23.0 Å². The number of esters is 1. The lowest BCUT2D eigenvalue weighted by Crippen LogP contribution is -2.05. The van der Waals surface area contributed by atoms with E-state index in [1.807, 2.05) is 0 Å². The van der Waals surface area contributed by atoms with Crippen LogP contribution in [0.15, 0.2) is 24.7 Å². The molecular weight excluding hydrogens is 334 g/mol. The van der Waals surface area contributed by atoms with Crippen LogP contribution >= 0.6 is 0 Å². The molecule has 0 unspecified atom stereocenters. The summed E-state index contributed by atoms with van der Waals surface area (Å²) in [6, 6.07) is 1.77. The van der Waals surface area contributed by atoms with Gasteiger partial charge in [0.25, 0.3) is 0 Å². The highest BCUT2D eigenvalue weighted by Gasteiger charge is 2.13. The number of carbonyl (C=O) groups is 1. The van der Waals surface area contributed by atoms with Crippen molar-refractivity contribution in [2.75, 3.05) is 20.3 Å². The van der Waals surface area contributed by atoms with Crippen molar-refractivity contribution >= 4 is 5.97 Å². The largest absolute Gasteiger partial charge is 0.490 e. The first-order valence-corrected chi connectivity index (χ1v) is 8.86. The van der Waals surface area contributed by atoms with Crippen LogP contribution in [0.4, 0.5) is 0 Å². The van der Waals surface area contributed by atoms with Gasteiger partial charge in [-0.25, -0.2) is 19.7 Å². The lowest BCUT2D eigenvalue weighted by Gasteiger charge is -2.13. The van der Waals surface area contributed by atoms with Gasteiger partial charge in [0.05, 0.1) is 32.1 Å². The van der Waals surface area contributed by atoms with Gasteiger partial charge in [0.2, 0.25) is 0 Å². The Labute approximate surface area is 153 Å². The van der Waals surface area contributed by atoms with Crippen LogP contribution < -0.4 is 9.47 Å². The van der Waals surface area contributed by atoms with Gasteiger partial charge in [-0.05, 0) is 12.8 Å². The summed E-state index contributed by atoms with van der Waals surface area (Å²) >= 11 is 0. The first-order chi connectivity index (χ1) is 12.7. The Balaban J connectivity index is 2.22. The molecule has 0 bridgehead atoms. The van der Waals surface area contributed by atoms with E-state index in [9.17, 15) is 4.79 Å². The van der Waals surface area contributed by atoms with Crippen LogP contribution in [0.25, 0.3) is 11.5 Å². The van der Waals surface area contributed by atoms with Crippen LogP contribution in [-0.4, -0.2) is 41.2 Å². The minimum absolute atomic E-state index is 0.287. The molecule has 0 saturated heterocycles. The van der Waals surface area contributed by atoms with Crippen molar-refractivity contribution in [2.24, 2.45) is 0 Å². The second kappa shape index (κ2) is 10.3. The number of methoxy groups -OCH3 is 1. The van der Waals surface area contributed by atoms with Crippen molar-refractivity contribution in [3.63, 3.8) is 0 Å². The van der Waals surface area contributed by atoms with Gasteiger partial charge in [-0.1, -0.05) is 26.7 Å². The molecule has 0 aliphatic carbocycles. The van der Waals surface area contributed by atoms with E-state index in [4.69, 9.17) is 9.47 Å². The third kappa shape index (κ3) is 5.40. The maximum Gasteiger partial charge on any atom is 0.341 e. The van der Waals surface area contributed by atoms with E-state index in [-0.39, 0.29) is 5.56 Å². The lowest BCUT2D eigenvalue weighted by atomic mass is 10.3. The molecule has 7 heteroatoms. The van der Waals surface area contributed by atoms with Crippen molar-refractivity contribution in [3.05, 3.63) is 30.2 Å². The number of hydrogen-bond donors (Lipinski definition) is 0. The Kier molecular flexibility index (Phi) is 7.79. The molecule has 0 spiro atoms. The second-order valence-corrected chi connectivity index (χ2v) is 5.71. The summed E-state index contributed by atoms with van der Waals surface area (Å²) in [5, 5.41) is 0.